The molecule has 2 aromatic rings. The molecule has 1 N–H and O–H groups in total. The number of nitriles is 1. The molecule has 3 rings (SSSR count). The Labute approximate surface area is 129 Å². The first-order chi connectivity index (χ1) is 10.8. The smallest absolute Gasteiger partial charge is 0.182 e. The van der Waals surface area contributed by atoms with E-state index in [2.05, 4.69) is 27.3 Å². The van der Waals surface area contributed by atoms with Crippen molar-refractivity contribution in [2.24, 2.45) is 5.92 Å². The van der Waals surface area contributed by atoms with Gasteiger partial charge in [-0.25, -0.2) is 9.97 Å². The number of hydrogen-bond acceptors (Lipinski definition) is 6. The van der Waals surface area contributed by atoms with Crippen molar-refractivity contribution < 1.29 is 4.74 Å². The van der Waals surface area contributed by atoms with Crippen LogP contribution in [0.2, 0.25) is 0 Å². The quantitative estimate of drug-likeness (QED) is 0.904. The zero-order valence-corrected chi connectivity index (χ0v) is 12.4. The van der Waals surface area contributed by atoms with E-state index >= 15 is 0 Å². The highest BCUT2D eigenvalue weighted by Gasteiger charge is 2.30. The number of aryl methyl sites for hydroxylation is 1. The molecule has 1 saturated heterocycles. The fourth-order valence-corrected chi connectivity index (χ4v) is 2.69. The second-order valence-corrected chi connectivity index (χ2v) is 5.22. The average molecular weight is 298 g/mol. The molecule has 3 heterocycles. The summed E-state index contributed by atoms with van der Waals surface area (Å²) >= 11 is 0. The molecule has 2 atom stereocenters. The topological polar surface area (TPSA) is 88.6 Å². The molecule has 2 aromatic heterocycles. The number of nitrogens with zero attached hydrogens (tertiary/aromatic N) is 5. The molecule has 22 heavy (non-hydrogen) atoms. The van der Waals surface area contributed by atoms with Crippen LogP contribution in [-0.2, 0) is 11.3 Å². The second kappa shape index (κ2) is 6.54. The molecule has 114 valence electrons. The Hall–Kier alpha value is -2.46. The Bertz CT molecular complexity index is 677. The summed E-state index contributed by atoms with van der Waals surface area (Å²) in [7, 11) is 0. The number of hydrogen-bond donors (Lipinski definition) is 1. The lowest BCUT2D eigenvalue weighted by molar-refractivity contribution is 0.0932. The van der Waals surface area contributed by atoms with E-state index < -0.39 is 0 Å². The van der Waals surface area contributed by atoms with Crippen molar-refractivity contribution >= 4 is 5.82 Å². The van der Waals surface area contributed by atoms with Crippen LogP contribution in [0.25, 0.3) is 0 Å². The van der Waals surface area contributed by atoms with E-state index in [9.17, 15) is 0 Å². The van der Waals surface area contributed by atoms with Gasteiger partial charge in [0.1, 0.15) is 6.07 Å². The third kappa shape index (κ3) is 2.92. The molecule has 0 amide bonds. The Balaban J connectivity index is 1.68. The zero-order valence-electron chi connectivity index (χ0n) is 12.4. The molecule has 0 spiro atoms. The van der Waals surface area contributed by atoms with Gasteiger partial charge < -0.3 is 10.1 Å². The van der Waals surface area contributed by atoms with Gasteiger partial charge in [0.2, 0.25) is 0 Å². The predicted octanol–water partition coefficient (Wildman–Crippen LogP) is 1.75. The molecular weight excluding hydrogens is 280 g/mol. The number of anilines is 1. The molecular formula is C15H18N6O. The van der Waals surface area contributed by atoms with E-state index in [1.165, 1.54) is 6.20 Å². The molecule has 7 nitrogen and oxygen atoms in total. The highest BCUT2D eigenvalue weighted by molar-refractivity contribution is 5.46. The molecule has 0 bridgehead atoms. The predicted molar refractivity (Wildman–Crippen MR) is 79.9 cm³/mol. The van der Waals surface area contributed by atoms with Gasteiger partial charge in [-0.2, -0.15) is 10.4 Å². The van der Waals surface area contributed by atoms with E-state index in [1.54, 1.807) is 6.20 Å². The van der Waals surface area contributed by atoms with Crippen molar-refractivity contribution in [3.8, 4) is 6.07 Å². The van der Waals surface area contributed by atoms with Crippen LogP contribution in [0.15, 0.2) is 24.8 Å². The van der Waals surface area contributed by atoms with Crippen molar-refractivity contribution in [1.82, 2.24) is 19.7 Å². The summed E-state index contributed by atoms with van der Waals surface area (Å²) in [5.41, 5.74) is 1.42. The van der Waals surface area contributed by atoms with Crippen LogP contribution >= 0.6 is 0 Å². The minimum absolute atomic E-state index is 0.0370. The molecule has 1 fully saturated rings. The Morgan fingerprint density at radius 3 is 3.09 bits per heavy atom. The summed E-state index contributed by atoms with van der Waals surface area (Å²) in [5.74, 6) is 0.850. The van der Waals surface area contributed by atoms with E-state index in [1.807, 2.05) is 23.1 Å². The summed E-state index contributed by atoms with van der Waals surface area (Å²) in [6.45, 7) is 4.33. The first-order valence-electron chi connectivity index (χ1n) is 7.40. The third-order valence-corrected chi connectivity index (χ3v) is 3.86. The molecule has 0 aliphatic carbocycles. The maximum atomic E-state index is 9.04. The highest BCUT2D eigenvalue weighted by Crippen LogP contribution is 2.34. The van der Waals surface area contributed by atoms with Gasteiger partial charge in [0.25, 0.3) is 0 Å². The van der Waals surface area contributed by atoms with Crippen molar-refractivity contribution in [1.29, 1.82) is 5.26 Å². The Morgan fingerprint density at radius 1 is 1.45 bits per heavy atom. The van der Waals surface area contributed by atoms with E-state index in [0.717, 1.165) is 25.1 Å². The molecule has 0 aromatic carbocycles. The highest BCUT2D eigenvalue weighted by atomic mass is 16.5. The number of aromatic nitrogens is 4. The molecule has 7 heteroatoms. The van der Waals surface area contributed by atoms with Crippen LogP contribution in [0.3, 0.4) is 0 Å². The first-order valence-corrected chi connectivity index (χ1v) is 7.40. The molecule has 0 saturated carbocycles. The van der Waals surface area contributed by atoms with Gasteiger partial charge in [-0.1, -0.05) is 0 Å². The normalized spacial score (nSPS) is 20.7. The minimum atomic E-state index is 0.0370. The average Bonchev–Trinajstić information content (AvgIpc) is 3.21. The molecule has 1 aliphatic heterocycles. The Kier molecular flexibility index (Phi) is 4.30. The lowest BCUT2D eigenvalue weighted by atomic mass is 9.97. The summed E-state index contributed by atoms with van der Waals surface area (Å²) in [6.07, 6.45) is 8.01. The van der Waals surface area contributed by atoms with E-state index in [0.29, 0.717) is 24.0 Å². The van der Waals surface area contributed by atoms with E-state index in [-0.39, 0.29) is 6.10 Å². The van der Waals surface area contributed by atoms with Crippen LogP contribution in [-0.4, -0.2) is 32.9 Å². The van der Waals surface area contributed by atoms with Crippen LogP contribution in [0.4, 0.5) is 5.82 Å². The third-order valence-electron chi connectivity index (χ3n) is 3.86. The van der Waals surface area contributed by atoms with Gasteiger partial charge in [0.15, 0.2) is 11.5 Å². The van der Waals surface area contributed by atoms with Crippen LogP contribution < -0.4 is 5.32 Å². The maximum Gasteiger partial charge on any atom is 0.182 e. The molecule has 1 aliphatic rings. The zero-order chi connectivity index (χ0) is 15.4. The first kappa shape index (κ1) is 14.5. The van der Waals surface area contributed by atoms with Gasteiger partial charge in [-0.05, 0) is 13.3 Å². The lowest BCUT2D eigenvalue weighted by Gasteiger charge is -2.18. The summed E-state index contributed by atoms with van der Waals surface area (Å²) in [6, 6.07) is 2.04. The fraction of sp³-hybridized carbons (Fsp3) is 0.467. The summed E-state index contributed by atoms with van der Waals surface area (Å²) in [5, 5.41) is 16.6. The van der Waals surface area contributed by atoms with Crippen molar-refractivity contribution in [3.63, 3.8) is 0 Å². The van der Waals surface area contributed by atoms with Gasteiger partial charge in [-0.15, -0.1) is 0 Å². The maximum absolute atomic E-state index is 9.04. The fourth-order valence-electron chi connectivity index (χ4n) is 2.69. The lowest BCUT2D eigenvalue weighted by Crippen LogP contribution is -2.19. The van der Waals surface area contributed by atoms with Gasteiger partial charge >= 0.3 is 0 Å². The van der Waals surface area contributed by atoms with Gasteiger partial charge in [-0.3, -0.25) is 4.68 Å². The minimum Gasteiger partial charge on any atom is -0.373 e. The number of rotatable bonds is 5. The summed E-state index contributed by atoms with van der Waals surface area (Å²) in [4.78, 5) is 8.18. The van der Waals surface area contributed by atoms with Crippen molar-refractivity contribution in [3.05, 3.63) is 36.0 Å². The SMILES string of the molecule is CCn1cc([C@@H]2OCC[C@H]2CNc2nccnc2C#N)cn1. The van der Waals surface area contributed by atoms with Crippen molar-refractivity contribution in [2.45, 2.75) is 26.0 Å². The number of ether oxygens (including phenoxy) is 1. The van der Waals surface area contributed by atoms with E-state index in [4.69, 9.17) is 10.00 Å². The van der Waals surface area contributed by atoms with Gasteiger partial charge in [0.05, 0.1) is 12.3 Å². The van der Waals surface area contributed by atoms with Crippen LogP contribution in [0.1, 0.15) is 30.7 Å². The molecule has 0 unspecified atom stereocenters. The second-order valence-electron chi connectivity index (χ2n) is 5.22. The van der Waals surface area contributed by atoms with Crippen LogP contribution in [0.5, 0.6) is 0 Å². The summed E-state index contributed by atoms with van der Waals surface area (Å²) < 4.78 is 7.76. The number of nitrogens with one attached hydrogen (secondary N) is 1. The van der Waals surface area contributed by atoms with Crippen LogP contribution in [0, 0.1) is 17.2 Å². The molecule has 0 radical (unpaired) electrons. The van der Waals surface area contributed by atoms with Gasteiger partial charge in [0, 0.05) is 49.8 Å². The standard InChI is InChI=1S/C15H18N6O/c1-2-21-10-12(9-20-21)14-11(3-6-22-14)8-19-15-13(7-16)17-4-5-18-15/h4-5,9-11,14H,2-3,6,8H2,1H3,(H,18,19)/t11-,14+/m0/s1. The van der Waals surface area contributed by atoms with Crippen molar-refractivity contribution in [2.75, 3.05) is 18.5 Å². The monoisotopic (exact) mass is 298 g/mol. The Morgan fingerprint density at radius 2 is 2.32 bits per heavy atom. The largest absolute Gasteiger partial charge is 0.373 e.